The number of carbonyl (C=O) groups is 2. The Labute approximate surface area is 119 Å². The Bertz CT molecular complexity index is 506. The van der Waals surface area contributed by atoms with Gasteiger partial charge < -0.3 is 10.4 Å². The van der Waals surface area contributed by atoms with Gasteiger partial charge in [-0.1, -0.05) is 28.1 Å². The van der Waals surface area contributed by atoms with Crippen LogP contribution in [0.5, 0.6) is 0 Å². The predicted octanol–water partition coefficient (Wildman–Crippen LogP) is 2.44. The van der Waals surface area contributed by atoms with Crippen molar-refractivity contribution in [3.63, 3.8) is 0 Å². The molecule has 0 spiro atoms. The van der Waals surface area contributed by atoms with Gasteiger partial charge in [-0.3, -0.25) is 4.79 Å². The fourth-order valence-corrected chi connectivity index (χ4v) is 2.02. The van der Waals surface area contributed by atoms with Crippen molar-refractivity contribution >= 4 is 33.9 Å². The third-order valence-corrected chi connectivity index (χ3v) is 3.48. The zero-order valence-corrected chi connectivity index (χ0v) is 11.8. The lowest BCUT2D eigenvalue weighted by Crippen LogP contribution is -2.41. The largest absolute Gasteiger partial charge is 0.480 e. The van der Waals surface area contributed by atoms with Crippen molar-refractivity contribution in [1.29, 1.82) is 0 Å². The van der Waals surface area contributed by atoms with E-state index in [9.17, 15) is 9.59 Å². The Kier molecular flexibility index (Phi) is 4.37. The predicted molar refractivity (Wildman–Crippen MR) is 75.5 cm³/mol. The average molecular weight is 324 g/mol. The molecule has 2 rings (SSSR count). The lowest BCUT2D eigenvalue weighted by molar-refractivity contribution is -0.141. The lowest BCUT2D eigenvalue weighted by Gasteiger charge is -2.11. The smallest absolute Gasteiger partial charge is 0.326 e. The van der Waals surface area contributed by atoms with E-state index in [4.69, 9.17) is 5.11 Å². The van der Waals surface area contributed by atoms with Crippen molar-refractivity contribution < 1.29 is 14.7 Å². The summed E-state index contributed by atoms with van der Waals surface area (Å²) in [5, 5.41) is 11.5. The molecule has 1 unspecified atom stereocenters. The van der Waals surface area contributed by atoms with Gasteiger partial charge in [0, 0.05) is 10.5 Å². The topological polar surface area (TPSA) is 66.4 Å². The summed E-state index contributed by atoms with van der Waals surface area (Å²) in [5.41, 5.74) is 0.886. The molecule has 1 aliphatic carbocycles. The SMILES string of the molecule is O=C(C=Cc1ccc(Br)cc1)NC(C(=O)O)C1CC1. The molecular formula is C14H14BrNO3. The van der Waals surface area contributed by atoms with Crippen molar-refractivity contribution in [1.82, 2.24) is 5.32 Å². The molecule has 0 radical (unpaired) electrons. The summed E-state index contributed by atoms with van der Waals surface area (Å²) in [4.78, 5) is 22.6. The second kappa shape index (κ2) is 6.02. The Hall–Kier alpha value is -1.62. The van der Waals surface area contributed by atoms with Gasteiger partial charge in [-0.05, 0) is 42.5 Å². The molecule has 0 heterocycles. The van der Waals surface area contributed by atoms with Crippen molar-refractivity contribution in [2.45, 2.75) is 18.9 Å². The molecule has 1 amide bonds. The van der Waals surface area contributed by atoms with Crippen molar-refractivity contribution in [2.24, 2.45) is 5.92 Å². The summed E-state index contributed by atoms with van der Waals surface area (Å²) in [6, 6.07) is 6.72. The first kappa shape index (κ1) is 13.8. The summed E-state index contributed by atoms with van der Waals surface area (Å²) >= 11 is 3.33. The lowest BCUT2D eigenvalue weighted by atomic mass is 10.2. The van der Waals surface area contributed by atoms with Crippen LogP contribution in [0.3, 0.4) is 0 Å². The number of halogens is 1. The summed E-state index contributed by atoms with van der Waals surface area (Å²) in [6.45, 7) is 0. The molecule has 1 aromatic rings. The Morgan fingerprint density at radius 1 is 1.32 bits per heavy atom. The molecule has 1 saturated carbocycles. The Balaban J connectivity index is 1.93. The minimum atomic E-state index is -0.965. The second-order valence-corrected chi connectivity index (χ2v) is 5.46. The third kappa shape index (κ3) is 4.21. The van der Waals surface area contributed by atoms with E-state index >= 15 is 0 Å². The molecule has 1 aromatic carbocycles. The van der Waals surface area contributed by atoms with Crippen LogP contribution in [0.15, 0.2) is 34.8 Å². The number of hydrogen-bond donors (Lipinski definition) is 2. The van der Waals surface area contributed by atoms with E-state index in [-0.39, 0.29) is 11.8 Å². The molecular weight excluding hydrogens is 310 g/mol. The van der Waals surface area contributed by atoms with E-state index in [1.807, 2.05) is 24.3 Å². The number of carboxylic acids is 1. The van der Waals surface area contributed by atoms with E-state index in [2.05, 4.69) is 21.2 Å². The first-order chi connectivity index (χ1) is 9.06. The molecule has 4 nitrogen and oxygen atoms in total. The summed E-state index contributed by atoms with van der Waals surface area (Å²) in [6.07, 6.45) is 4.76. The van der Waals surface area contributed by atoms with E-state index < -0.39 is 12.0 Å². The fraction of sp³-hybridized carbons (Fsp3) is 0.286. The van der Waals surface area contributed by atoms with Crippen molar-refractivity contribution in [3.05, 3.63) is 40.4 Å². The molecule has 0 aromatic heterocycles. The number of nitrogens with one attached hydrogen (secondary N) is 1. The quantitative estimate of drug-likeness (QED) is 0.818. The fourth-order valence-electron chi connectivity index (χ4n) is 1.76. The first-order valence-corrected chi connectivity index (χ1v) is 6.82. The number of benzene rings is 1. The zero-order valence-electron chi connectivity index (χ0n) is 10.2. The van der Waals surface area contributed by atoms with Crippen LogP contribution in [-0.2, 0) is 9.59 Å². The minimum absolute atomic E-state index is 0.0857. The molecule has 1 aliphatic rings. The standard InChI is InChI=1S/C14H14BrNO3/c15-11-6-1-9(2-7-11)3-8-12(17)16-13(14(18)19)10-4-5-10/h1-3,6-8,10,13H,4-5H2,(H,16,17)(H,18,19). The van der Waals surface area contributed by atoms with Gasteiger partial charge in [0.05, 0.1) is 0 Å². The van der Waals surface area contributed by atoms with Gasteiger partial charge in [0.15, 0.2) is 0 Å². The van der Waals surface area contributed by atoms with E-state index in [0.29, 0.717) is 0 Å². The number of rotatable bonds is 5. The third-order valence-electron chi connectivity index (χ3n) is 2.95. The van der Waals surface area contributed by atoms with Crippen LogP contribution in [0.4, 0.5) is 0 Å². The van der Waals surface area contributed by atoms with Crippen LogP contribution < -0.4 is 5.32 Å². The molecule has 0 aliphatic heterocycles. The number of carbonyl (C=O) groups excluding carboxylic acids is 1. The monoisotopic (exact) mass is 323 g/mol. The van der Waals surface area contributed by atoms with E-state index in [1.165, 1.54) is 6.08 Å². The Morgan fingerprint density at radius 2 is 1.95 bits per heavy atom. The molecule has 1 atom stereocenters. The van der Waals surface area contributed by atoms with Crippen LogP contribution in [0.2, 0.25) is 0 Å². The molecule has 5 heteroatoms. The minimum Gasteiger partial charge on any atom is -0.480 e. The van der Waals surface area contributed by atoms with Crippen LogP contribution >= 0.6 is 15.9 Å². The summed E-state index contributed by atoms with van der Waals surface area (Å²) in [7, 11) is 0. The second-order valence-electron chi connectivity index (χ2n) is 4.55. The van der Waals surface area contributed by atoms with Gasteiger partial charge in [0.2, 0.25) is 5.91 Å². The van der Waals surface area contributed by atoms with Gasteiger partial charge in [0.25, 0.3) is 0 Å². The molecule has 100 valence electrons. The van der Waals surface area contributed by atoms with Crippen LogP contribution in [-0.4, -0.2) is 23.0 Å². The van der Waals surface area contributed by atoms with Gasteiger partial charge in [-0.25, -0.2) is 4.79 Å². The van der Waals surface area contributed by atoms with Crippen LogP contribution in [0.1, 0.15) is 18.4 Å². The molecule has 1 fully saturated rings. The van der Waals surface area contributed by atoms with E-state index in [1.54, 1.807) is 6.08 Å². The number of aliphatic carboxylic acids is 1. The highest BCUT2D eigenvalue weighted by Crippen LogP contribution is 2.32. The van der Waals surface area contributed by atoms with Gasteiger partial charge >= 0.3 is 5.97 Å². The van der Waals surface area contributed by atoms with Crippen molar-refractivity contribution in [3.8, 4) is 0 Å². The summed E-state index contributed by atoms with van der Waals surface area (Å²) < 4.78 is 0.966. The Morgan fingerprint density at radius 3 is 2.47 bits per heavy atom. The van der Waals surface area contributed by atoms with Crippen LogP contribution in [0, 0.1) is 5.92 Å². The maximum atomic E-state index is 11.7. The van der Waals surface area contributed by atoms with Crippen LogP contribution in [0.25, 0.3) is 6.08 Å². The molecule has 19 heavy (non-hydrogen) atoms. The van der Waals surface area contributed by atoms with Gasteiger partial charge in [0.1, 0.15) is 6.04 Å². The molecule has 0 bridgehead atoms. The number of amides is 1. The van der Waals surface area contributed by atoms with E-state index in [0.717, 1.165) is 22.9 Å². The highest BCUT2D eigenvalue weighted by molar-refractivity contribution is 9.10. The normalized spacial score (nSPS) is 16.3. The summed E-state index contributed by atoms with van der Waals surface area (Å²) in [5.74, 6) is -1.25. The van der Waals surface area contributed by atoms with Gasteiger partial charge in [-0.15, -0.1) is 0 Å². The number of carboxylic acid groups (broad SMARTS) is 1. The molecule has 0 saturated heterocycles. The van der Waals surface area contributed by atoms with Crippen molar-refractivity contribution in [2.75, 3.05) is 0 Å². The highest BCUT2D eigenvalue weighted by Gasteiger charge is 2.36. The molecule has 2 N–H and O–H groups in total. The first-order valence-electron chi connectivity index (χ1n) is 6.03. The average Bonchev–Trinajstić information content (AvgIpc) is 3.19. The maximum absolute atomic E-state index is 11.7. The maximum Gasteiger partial charge on any atom is 0.326 e. The van der Waals surface area contributed by atoms with Gasteiger partial charge in [-0.2, -0.15) is 0 Å². The highest BCUT2D eigenvalue weighted by atomic mass is 79.9. The number of hydrogen-bond acceptors (Lipinski definition) is 2. The zero-order chi connectivity index (χ0) is 13.8.